The van der Waals surface area contributed by atoms with Gasteiger partial charge in [-0.05, 0) is 36.9 Å². The van der Waals surface area contributed by atoms with E-state index in [0.717, 1.165) is 25.2 Å². The Morgan fingerprint density at radius 3 is 2.24 bits per heavy atom. The first-order valence-corrected chi connectivity index (χ1v) is 7.89. The van der Waals surface area contributed by atoms with Crippen LogP contribution in [0.25, 0.3) is 0 Å². The lowest BCUT2D eigenvalue weighted by Crippen LogP contribution is -2.39. The van der Waals surface area contributed by atoms with Crippen LogP contribution >= 0.6 is 0 Å². The number of hydrogen-bond donors (Lipinski definition) is 1. The second kappa shape index (κ2) is 6.64. The highest BCUT2D eigenvalue weighted by atomic mass is 16.3. The van der Waals surface area contributed by atoms with E-state index in [0.29, 0.717) is 6.42 Å². The predicted octanol–water partition coefficient (Wildman–Crippen LogP) is 3.41. The van der Waals surface area contributed by atoms with Crippen molar-refractivity contribution in [2.24, 2.45) is 5.41 Å². The second-order valence-electron chi connectivity index (χ2n) is 6.99. The van der Waals surface area contributed by atoms with Crippen molar-refractivity contribution in [1.82, 2.24) is 4.90 Å². The molecule has 0 aromatic heterocycles. The fourth-order valence-electron chi connectivity index (χ4n) is 2.81. The van der Waals surface area contributed by atoms with Gasteiger partial charge in [-0.3, -0.25) is 4.90 Å². The minimum Gasteiger partial charge on any atom is -0.384 e. The van der Waals surface area contributed by atoms with Crippen molar-refractivity contribution >= 4 is 0 Å². The molecule has 1 N–H and O–H groups in total. The van der Waals surface area contributed by atoms with Crippen molar-refractivity contribution < 1.29 is 5.11 Å². The van der Waals surface area contributed by atoms with Crippen LogP contribution in [0.15, 0.2) is 30.3 Å². The third-order valence-corrected chi connectivity index (χ3v) is 4.46. The number of rotatable bonds is 3. The zero-order valence-corrected chi connectivity index (χ0v) is 13.5. The summed E-state index contributed by atoms with van der Waals surface area (Å²) < 4.78 is 0. The summed E-state index contributed by atoms with van der Waals surface area (Å²) in [5.74, 6) is 6.46. The van der Waals surface area contributed by atoms with Gasteiger partial charge in [0.1, 0.15) is 5.60 Å². The van der Waals surface area contributed by atoms with E-state index in [4.69, 9.17) is 0 Å². The molecule has 1 fully saturated rings. The maximum Gasteiger partial charge on any atom is 0.105 e. The van der Waals surface area contributed by atoms with Crippen LogP contribution in [0.4, 0.5) is 0 Å². The van der Waals surface area contributed by atoms with Crippen LogP contribution in [0.5, 0.6) is 0 Å². The lowest BCUT2D eigenvalue weighted by molar-refractivity contribution is -0.0598. The smallest absolute Gasteiger partial charge is 0.105 e. The van der Waals surface area contributed by atoms with Crippen LogP contribution in [-0.4, -0.2) is 29.6 Å². The van der Waals surface area contributed by atoms with Crippen molar-refractivity contribution in [2.75, 3.05) is 19.6 Å². The van der Waals surface area contributed by atoms with Gasteiger partial charge in [0.05, 0.1) is 6.54 Å². The molecule has 2 heteroatoms. The Labute approximate surface area is 129 Å². The van der Waals surface area contributed by atoms with E-state index in [1.165, 1.54) is 12.8 Å². The normalized spacial score (nSPS) is 18.9. The molecule has 1 heterocycles. The molecule has 1 saturated heterocycles. The van der Waals surface area contributed by atoms with E-state index in [9.17, 15) is 5.11 Å². The summed E-state index contributed by atoms with van der Waals surface area (Å²) >= 11 is 0. The summed E-state index contributed by atoms with van der Waals surface area (Å²) in [6.45, 7) is 9.37. The molecular formula is C19H27NO. The Morgan fingerprint density at radius 2 is 1.67 bits per heavy atom. The summed E-state index contributed by atoms with van der Waals surface area (Å²) in [7, 11) is 0. The Balaban J connectivity index is 2.09. The van der Waals surface area contributed by atoms with Crippen LogP contribution in [0.2, 0.25) is 0 Å². The van der Waals surface area contributed by atoms with Crippen molar-refractivity contribution in [3.05, 3.63) is 35.9 Å². The van der Waals surface area contributed by atoms with Crippen molar-refractivity contribution in [1.29, 1.82) is 0 Å². The second-order valence-corrected chi connectivity index (χ2v) is 6.99. The first-order chi connectivity index (χ1) is 9.93. The Hall–Kier alpha value is -1.30. The van der Waals surface area contributed by atoms with Crippen molar-refractivity contribution in [3.8, 4) is 11.8 Å². The Bertz CT molecular complexity index is 500. The maximum atomic E-state index is 11.2. The quantitative estimate of drug-likeness (QED) is 0.860. The standard InChI is InChI=1S/C19H27NO/c1-18(2,3)19(21,17-11-5-4-6-12-17)13-7-8-14-20-15-9-10-16-20/h4-6,11-12,21H,9-10,13-16H2,1-3H3/t19-/m0/s1. The van der Waals surface area contributed by atoms with Crippen LogP contribution < -0.4 is 0 Å². The lowest BCUT2D eigenvalue weighted by atomic mass is 9.70. The minimum absolute atomic E-state index is 0.253. The molecule has 1 aromatic rings. The van der Waals surface area contributed by atoms with Gasteiger partial charge in [-0.1, -0.05) is 62.9 Å². The van der Waals surface area contributed by atoms with E-state index in [-0.39, 0.29) is 5.41 Å². The van der Waals surface area contributed by atoms with Gasteiger partial charge in [-0.25, -0.2) is 0 Å². The van der Waals surface area contributed by atoms with Crippen LogP contribution in [0.1, 0.15) is 45.6 Å². The fraction of sp³-hybridized carbons (Fsp3) is 0.579. The number of nitrogens with zero attached hydrogens (tertiary/aromatic N) is 1. The van der Waals surface area contributed by atoms with Gasteiger partial charge in [-0.2, -0.15) is 0 Å². The number of benzene rings is 1. The van der Waals surface area contributed by atoms with Crippen LogP contribution in [0.3, 0.4) is 0 Å². The maximum absolute atomic E-state index is 11.2. The van der Waals surface area contributed by atoms with E-state index < -0.39 is 5.60 Å². The van der Waals surface area contributed by atoms with E-state index in [1.54, 1.807) is 0 Å². The van der Waals surface area contributed by atoms with Crippen LogP contribution in [-0.2, 0) is 5.60 Å². The summed E-state index contributed by atoms with van der Waals surface area (Å²) in [5.41, 5.74) is -0.212. The lowest BCUT2D eigenvalue weighted by Gasteiger charge is -2.39. The van der Waals surface area contributed by atoms with E-state index >= 15 is 0 Å². The van der Waals surface area contributed by atoms with Crippen molar-refractivity contribution in [3.63, 3.8) is 0 Å². The summed E-state index contributed by atoms with van der Waals surface area (Å²) in [5, 5.41) is 11.2. The molecule has 21 heavy (non-hydrogen) atoms. The molecule has 0 spiro atoms. The Morgan fingerprint density at radius 1 is 1.05 bits per heavy atom. The fourth-order valence-corrected chi connectivity index (χ4v) is 2.81. The summed E-state index contributed by atoms with van der Waals surface area (Å²) in [4.78, 5) is 2.38. The van der Waals surface area contributed by atoms with Gasteiger partial charge in [0.15, 0.2) is 0 Å². The largest absolute Gasteiger partial charge is 0.384 e. The average Bonchev–Trinajstić information content (AvgIpc) is 2.96. The van der Waals surface area contributed by atoms with E-state index in [2.05, 4.69) is 37.5 Å². The average molecular weight is 285 g/mol. The van der Waals surface area contributed by atoms with E-state index in [1.807, 2.05) is 30.3 Å². The molecule has 2 nitrogen and oxygen atoms in total. The Kier molecular flexibility index (Phi) is 5.08. The highest BCUT2D eigenvalue weighted by molar-refractivity contribution is 5.27. The zero-order valence-electron chi connectivity index (χ0n) is 13.5. The monoisotopic (exact) mass is 285 g/mol. The zero-order chi connectivity index (χ0) is 15.3. The van der Waals surface area contributed by atoms with Gasteiger partial charge in [0.2, 0.25) is 0 Å². The van der Waals surface area contributed by atoms with Crippen molar-refractivity contribution in [2.45, 2.75) is 45.6 Å². The molecule has 0 aliphatic carbocycles. The molecule has 1 atom stereocenters. The molecule has 0 saturated carbocycles. The molecule has 1 aromatic carbocycles. The number of likely N-dealkylation sites (tertiary alicyclic amines) is 1. The minimum atomic E-state index is -0.910. The number of aliphatic hydroxyl groups is 1. The highest BCUT2D eigenvalue weighted by Gasteiger charge is 2.40. The van der Waals surface area contributed by atoms with Gasteiger partial charge in [0, 0.05) is 6.42 Å². The number of hydrogen-bond acceptors (Lipinski definition) is 2. The first kappa shape index (κ1) is 16.1. The molecule has 0 amide bonds. The molecule has 114 valence electrons. The molecule has 0 bridgehead atoms. The third-order valence-electron chi connectivity index (χ3n) is 4.46. The molecule has 1 aliphatic heterocycles. The molecule has 0 unspecified atom stereocenters. The first-order valence-electron chi connectivity index (χ1n) is 7.89. The molecular weight excluding hydrogens is 258 g/mol. The van der Waals surface area contributed by atoms with Crippen LogP contribution in [0, 0.1) is 17.3 Å². The predicted molar refractivity (Wildman–Crippen MR) is 87.9 cm³/mol. The summed E-state index contributed by atoms with van der Waals surface area (Å²) in [6.07, 6.45) is 3.06. The molecule has 0 radical (unpaired) electrons. The van der Waals surface area contributed by atoms with Gasteiger partial charge in [-0.15, -0.1) is 0 Å². The van der Waals surface area contributed by atoms with Gasteiger partial charge < -0.3 is 5.11 Å². The third kappa shape index (κ3) is 3.87. The van der Waals surface area contributed by atoms with Gasteiger partial charge >= 0.3 is 0 Å². The highest BCUT2D eigenvalue weighted by Crippen LogP contribution is 2.41. The molecule has 2 rings (SSSR count). The van der Waals surface area contributed by atoms with Gasteiger partial charge in [0.25, 0.3) is 0 Å². The summed E-state index contributed by atoms with van der Waals surface area (Å²) in [6, 6.07) is 9.92. The molecule has 1 aliphatic rings. The SMILES string of the molecule is CC(C)(C)[C@](O)(CC#CCN1CCCC1)c1ccccc1. The topological polar surface area (TPSA) is 23.5 Å².